The Morgan fingerprint density at radius 1 is 1.32 bits per heavy atom. The highest BCUT2D eigenvalue weighted by Gasteiger charge is 2.14. The summed E-state index contributed by atoms with van der Waals surface area (Å²) in [5.41, 5.74) is -0.745. The molecule has 0 radical (unpaired) electrons. The number of rotatable bonds is 7. The van der Waals surface area contributed by atoms with Crippen LogP contribution in [-0.4, -0.2) is 27.9 Å². The number of aliphatic hydroxyl groups is 1. The predicted molar refractivity (Wildman–Crippen MR) is 85.0 cm³/mol. The molecule has 2 aromatic rings. The van der Waals surface area contributed by atoms with Crippen LogP contribution in [0.2, 0.25) is 0 Å². The van der Waals surface area contributed by atoms with Gasteiger partial charge in [-0.3, -0.25) is 14.3 Å². The molecule has 0 atom stereocenters. The summed E-state index contributed by atoms with van der Waals surface area (Å²) < 4.78 is 6.52. The number of nitrogens with zero attached hydrogens (tertiary/aromatic N) is 1. The van der Waals surface area contributed by atoms with Crippen molar-refractivity contribution in [3.8, 4) is 0 Å². The second-order valence-corrected chi connectivity index (χ2v) is 5.35. The van der Waals surface area contributed by atoms with Gasteiger partial charge in [0, 0.05) is 4.90 Å². The molecule has 2 rings (SSSR count). The Hall–Kier alpha value is -2.09. The summed E-state index contributed by atoms with van der Waals surface area (Å²) in [7, 11) is 0. The fraction of sp³-hybridized carbons (Fsp3) is 0.200. The van der Waals surface area contributed by atoms with E-state index < -0.39 is 11.2 Å². The standard InChI is InChI=1S/C15H16N2O4S/c1-2-12-13(19)16-15(20)17(10-21-9-8-18)14(12)22-11-6-4-3-5-7-11/h2-7,18H,1,8-10H2,(H,16,19,20). The van der Waals surface area contributed by atoms with Crippen molar-refractivity contribution >= 4 is 17.8 Å². The van der Waals surface area contributed by atoms with Crippen LogP contribution in [0.25, 0.3) is 6.08 Å². The molecule has 7 heteroatoms. The highest BCUT2D eigenvalue weighted by atomic mass is 32.2. The number of aromatic amines is 1. The minimum Gasteiger partial charge on any atom is -0.394 e. The van der Waals surface area contributed by atoms with E-state index in [0.717, 1.165) is 4.90 Å². The van der Waals surface area contributed by atoms with Crippen LogP contribution >= 0.6 is 11.8 Å². The number of aliphatic hydroxyl groups excluding tert-OH is 1. The van der Waals surface area contributed by atoms with Crippen molar-refractivity contribution in [3.63, 3.8) is 0 Å². The van der Waals surface area contributed by atoms with E-state index in [2.05, 4.69) is 11.6 Å². The SMILES string of the molecule is C=Cc1c(Sc2ccccc2)n(COCCO)c(=O)[nH]c1=O. The van der Waals surface area contributed by atoms with E-state index >= 15 is 0 Å². The zero-order valence-corrected chi connectivity index (χ0v) is 12.6. The van der Waals surface area contributed by atoms with E-state index in [4.69, 9.17) is 9.84 Å². The van der Waals surface area contributed by atoms with Crippen LogP contribution in [0, 0.1) is 0 Å². The first-order valence-electron chi connectivity index (χ1n) is 6.58. The van der Waals surface area contributed by atoms with E-state index in [1.165, 1.54) is 22.4 Å². The summed E-state index contributed by atoms with van der Waals surface area (Å²) in [6.07, 6.45) is 1.41. The van der Waals surface area contributed by atoms with E-state index in [9.17, 15) is 9.59 Å². The molecule has 2 N–H and O–H groups in total. The molecule has 0 saturated carbocycles. The average molecular weight is 320 g/mol. The monoisotopic (exact) mass is 320 g/mol. The molecule has 0 bridgehead atoms. The lowest BCUT2D eigenvalue weighted by Gasteiger charge is -2.14. The highest BCUT2D eigenvalue weighted by molar-refractivity contribution is 7.99. The molecule has 0 aliphatic carbocycles. The van der Waals surface area contributed by atoms with Gasteiger partial charge in [-0.25, -0.2) is 4.79 Å². The van der Waals surface area contributed by atoms with Gasteiger partial charge in [0.05, 0.1) is 23.8 Å². The third kappa shape index (κ3) is 3.76. The van der Waals surface area contributed by atoms with Gasteiger partial charge in [-0.05, 0) is 12.1 Å². The predicted octanol–water partition coefficient (Wildman–Crippen LogP) is 1.30. The van der Waals surface area contributed by atoms with Gasteiger partial charge in [0.15, 0.2) is 0 Å². The molecule has 6 nitrogen and oxygen atoms in total. The van der Waals surface area contributed by atoms with E-state index in [1.807, 2.05) is 30.3 Å². The molecule has 0 fully saturated rings. The van der Waals surface area contributed by atoms with Crippen molar-refractivity contribution in [2.45, 2.75) is 16.7 Å². The Morgan fingerprint density at radius 3 is 2.68 bits per heavy atom. The first-order chi connectivity index (χ1) is 10.7. The minimum absolute atomic E-state index is 0.0633. The third-order valence-electron chi connectivity index (χ3n) is 2.80. The Labute approximate surface area is 131 Å². The van der Waals surface area contributed by atoms with Crippen LogP contribution < -0.4 is 11.2 Å². The lowest BCUT2D eigenvalue weighted by Crippen LogP contribution is -2.33. The zero-order valence-electron chi connectivity index (χ0n) is 11.8. The summed E-state index contributed by atoms with van der Waals surface area (Å²) in [5, 5.41) is 9.22. The van der Waals surface area contributed by atoms with Crippen LogP contribution in [0.15, 0.2) is 56.4 Å². The first-order valence-corrected chi connectivity index (χ1v) is 7.40. The van der Waals surface area contributed by atoms with E-state index in [-0.39, 0.29) is 19.9 Å². The number of ether oxygens (including phenoxy) is 1. The Kier molecular flexibility index (Phi) is 5.76. The lowest BCUT2D eigenvalue weighted by atomic mass is 10.3. The third-order valence-corrected chi connectivity index (χ3v) is 3.95. The second-order valence-electron chi connectivity index (χ2n) is 4.29. The van der Waals surface area contributed by atoms with Gasteiger partial charge in [0.25, 0.3) is 5.56 Å². The highest BCUT2D eigenvalue weighted by Crippen LogP contribution is 2.28. The topological polar surface area (TPSA) is 84.3 Å². The molecule has 0 amide bonds. The normalized spacial score (nSPS) is 10.6. The quantitative estimate of drug-likeness (QED) is 0.593. The number of aromatic nitrogens is 2. The minimum atomic E-state index is -0.563. The van der Waals surface area contributed by atoms with Gasteiger partial charge < -0.3 is 9.84 Å². The average Bonchev–Trinajstić information content (AvgIpc) is 2.51. The van der Waals surface area contributed by atoms with Crippen molar-refractivity contribution in [3.05, 3.63) is 63.3 Å². The van der Waals surface area contributed by atoms with Gasteiger partial charge in [0.2, 0.25) is 0 Å². The Morgan fingerprint density at radius 2 is 2.05 bits per heavy atom. The molecule has 1 heterocycles. The van der Waals surface area contributed by atoms with Gasteiger partial charge in [-0.15, -0.1) is 0 Å². The Bertz CT molecular complexity index is 752. The molecule has 0 unspecified atom stereocenters. The van der Waals surface area contributed by atoms with Gasteiger partial charge in [-0.1, -0.05) is 42.6 Å². The van der Waals surface area contributed by atoms with E-state index in [0.29, 0.717) is 10.6 Å². The maximum atomic E-state index is 12.0. The summed E-state index contributed by atoms with van der Waals surface area (Å²) in [6, 6.07) is 9.37. The summed E-state index contributed by atoms with van der Waals surface area (Å²) in [5.74, 6) is 0. The smallest absolute Gasteiger partial charge is 0.331 e. The fourth-order valence-corrected chi connectivity index (χ4v) is 2.84. The first kappa shape index (κ1) is 16.3. The van der Waals surface area contributed by atoms with Crippen molar-refractivity contribution in [2.75, 3.05) is 13.2 Å². The molecule has 1 aromatic heterocycles. The van der Waals surface area contributed by atoms with Crippen LogP contribution in [-0.2, 0) is 11.5 Å². The number of hydrogen-bond donors (Lipinski definition) is 2. The summed E-state index contributed by atoms with van der Waals surface area (Å²) in [6.45, 7) is 3.52. The fourth-order valence-electron chi connectivity index (χ4n) is 1.79. The van der Waals surface area contributed by atoms with Crippen LogP contribution in [0.3, 0.4) is 0 Å². The molecular weight excluding hydrogens is 304 g/mol. The molecule has 22 heavy (non-hydrogen) atoms. The van der Waals surface area contributed by atoms with Crippen molar-refractivity contribution in [1.29, 1.82) is 0 Å². The number of H-pyrrole nitrogens is 1. The molecule has 0 aliphatic rings. The van der Waals surface area contributed by atoms with Crippen molar-refractivity contribution in [2.24, 2.45) is 0 Å². The second kappa shape index (κ2) is 7.79. The van der Waals surface area contributed by atoms with Gasteiger partial charge in [0.1, 0.15) is 6.73 Å². The number of nitrogens with one attached hydrogen (secondary N) is 1. The largest absolute Gasteiger partial charge is 0.394 e. The van der Waals surface area contributed by atoms with Crippen LogP contribution in [0.1, 0.15) is 5.56 Å². The molecule has 0 spiro atoms. The van der Waals surface area contributed by atoms with E-state index in [1.54, 1.807) is 0 Å². The van der Waals surface area contributed by atoms with Crippen molar-refractivity contribution < 1.29 is 9.84 Å². The number of hydrogen-bond acceptors (Lipinski definition) is 5. The maximum Gasteiger partial charge on any atom is 0.331 e. The van der Waals surface area contributed by atoms with Crippen LogP contribution in [0.5, 0.6) is 0 Å². The summed E-state index contributed by atoms with van der Waals surface area (Å²) >= 11 is 1.28. The molecule has 116 valence electrons. The molecule has 0 saturated heterocycles. The lowest BCUT2D eigenvalue weighted by molar-refractivity contribution is 0.0412. The zero-order chi connectivity index (χ0) is 15.9. The Balaban J connectivity index is 2.49. The summed E-state index contributed by atoms with van der Waals surface area (Å²) in [4.78, 5) is 27.1. The molecule has 1 aromatic carbocycles. The van der Waals surface area contributed by atoms with Gasteiger partial charge >= 0.3 is 5.69 Å². The van der Waals surface area contributed by atoms with Crippen molar-refractivity contribution in [1.82, 2.24) is 9.55 Å². The number of benzene rings is 1. The van der Waals surface area contributed by atoms with Gasteiger partial charge in [-0.2, -0.15) is 0 Å². The maximum absolute atomic E-state index is 12.0. The molecular formula is C15H16N2O4S. The molecule has 0 aliphatic heterocycles. The van der Waals surface area contributed by atoms with Crippen LogP contribution in [0.4, 0.5) is 0 Å².